The SMILES string of the molecule is CCOC(=O)C(C(=O)OCC)C(=O)c1cc(F)c(Cl)c([N+](=O)[O-])c1Cl. The first kappa shape index (κ1) is 20.8. The van der Waals surface area contributed by atoms with Crippen molar-refractivity contribution in [2.75, 3.05) is 13.2 Å². The predicted octanol–water partition coefficient (Wildman–Crippen LogP) is 2.97. The number of hydrogen-bond acceptors (Lipinski definition) is 7. The molecule has 0 bridgehead atoms. The van der Waals surface area contributed by atoms with Gasteiger partial charge in [0.25, 0.3) is 0 Å². The Kier molecular flexibility index (Phi) is 7.25. The van der Waals surface area contributed by atoms with Gasteiger partial charge in [0.05, 0.1) is 18.1 Å². The quantitative estimate of drug-likeness (QED) is 0.174. The van der Waals surface area contributed by atoms with Gasteiger partial charge >= 0.3 is 17.6 Å². The first-order valence-corrected chi connectivity index (χ1v) is 7.62. The summed E-state index contributed by atoms with van der Waals surface area (Å²) >= 11 is 11.2. The number of nitrogens with zero attached hydrogens (tertiary/aromatic N) is 1. The maximum atomic E-state index is 13.8. The normalized spacial score (nSPS) is 10.5. The van der Waals surface area contributed by atoms with Gasteiger partial charge in [0, 0.05) is 5.56 Å². The summed E-state index contributed by atoms with van der Waals surface area (Å²) in [6, 6.07) is 0.505. The molecule has 0 heterocycles. The largest absolute Gasteiger partial charge is 0.465 e. The minimum absolute atomic E-state index is 0.148. The molecule has 0 aliphatic carbocycles. The zero-order chi connectivity index (χ0) is 19.3. The molecule has 0 saturated heterocycles. The van der Waals surface area contributed by atoms with E-state index in [9.17, 15) is 28.9 Å². The van der Waals surface area contributed by atoms with Gasteiger partial charge in [0.2, 0.25) is 5.92 Å². The molecule has 0 amide bonds. The fourth-order valence-electron chi connectivity index (χ4n) is 1.85. The number of carbonyl (C=O) groups excluding carboxylic acids is 3. The standard InChI is InChI=1S/C14H12Cl2FNO7/c1-3-24-13(20)8(14(21)25-4-2)12(19)6-5-7(17)10(16)11(9(6)15)18(22)23/h5,8H,3-4H2,1-2H3. The average molecular weight is 396 g/mol. The molecule has 0 atom stereocenters. The van der Waals surface area contributed by atoms with Crippen LogP contribution in [-0.2, 0) is 19.1 Å². The molecule has 1 aromatic carbocycles. The number of rotatable bonds is 7. The summed E-state index contributed by atoms with van der Waals surface area (Å²) in [7, 11) is 0. The van der Waals surface area contributed by atoms with Gasteiger partial charge in [-0.25, -0.2) is 4.39 Å². The lowest BCUT2D eigenvalue weighted by Gasteiger charge is -2.14. The Balaban J connectivity index is 3.50. The number of nitro groups is 1. The van der Waals surface area contributed by atoms with E-state index >= 15 is 0 Å². The Bertz CT molecular complexity index is 720. The lowest BCUT2D eigenvalue weighted by atomic mass is 9.97. The highest BCUT2D eigenvalue weighted by Crippen LogP contribution is 2.38. The Labute approximate surface area is 150 Å². The summed E-state index contributed by atoms with van der Waals surface area (Å²) in [6.07, 6.45) is 0. The van der Waals surface area contributed by atoms with Crippen LogP contribution in [0.1, 0.15) is 24.2 Å². The number of esters is 2. The topological polar surface area (TPSA) is 113 Å². The van der Waals surface area contributed by atoms with Crippen molar-refractivity contribution in [2.45, 2.75) is 13.8 Å². The molecule has 0 unspecified atom stereocenters. The van der Waals surface area contributed by atoms with Crippen molar-refractivity contribution in [3.63, 3.8) is 0 Å². The van der Waals surface area contributed by atoms with E-state index in [1.165, 1.54) is 13.8 Å². The maximum Gasteiger partial charge on any atom is 0.328 e. The zero-order valence-corrected chi connectivity index (χ0v) is 14.5. The number of hydrogen-bond donors (Lipinski definition) is 0. The molecule has 0 aromatic heterocycles. The minimum atomic E-state index is -2.10. The van der Waals surface area contributed by atoms with Gasteiger partial charge < -0.3 is 9.47 Å². The molecule has 1 rings (SSSR count). The first-order valence-electron chi connectivity index (χ1n) is 6.86. The summed E-state index contributed by atoms with van der Waals surface area (Å²) in [5.41, 5.74) is -1.82. The molecule has 0 radical (unpaired) electrons. The van der Waals surface area contributed by atoms with Crippen molar-refractivity contribution in [1.29, 1.82) is 0 Å². The van der Waals surface area contributed by atoms with E-state index in [-0.39, 0.29) is 13.2 Å². The number of benzene rings is 1. The third kappa shape index (κ3) is 4.43. The van der Waals surface area contributed by atoms with E-state index in [0.29, 0.717) is 6.07 Å². The lowest BCUT2D eigenvalue weighted by Crippen LogP contribution is -2.35. The van der Waals surface area contributed by atoms with Crippen molar-refractivity contribution in [3.05, 3.63) is 37.6 Å². The van der Waals surface area contributed by atoms with Crippen molar-refractivity contribution < 1.29 is 33.2 Å². The van der Waals surface area contributed by atoms with Crippen LogP contribution in [0.25, 0.3) is 0 Å². The van der Waals surface area contributed by atoms with Crippen LogP contribution in [0, 0.1) is 21.8 Å². The van der Waals surface area contributed by atoms with Crippen LogP contribution in [0.2, 0.25) is 10.0 Å². The molecule has 25 heavy (non-hydrogen) atoms. The number of carbonyl (C=O) groups is 3. The second-order valence-electron chi connectivity index (χ2n) is 4.44. The van der Waals surface area contributed by atoms with Crippen LogP contribution < -0.4 is 0 Å². The van der Waals surface area contributed by atoms with Crippen molar-refractivity contribution in [1.82, 2.24) is 0 Å². The third-order valence-electron chi connectivity index (χ3n) is 2.89. The van der Waals surface area contributed by atoms with E-state index in [0.717, 1.165) is 0 Å². The molecule has 0 fully saturated rings. The fraction of sp³-hybridized carbons (Fsp3) is 0.357. The third-order valence-corrected chi connectivity index (χ3v) is 3.63. The smallest absolute Gasteiger partial charge is 0.328 e. The second kappa shape index (κ2) is 8.72. The Morgan fingerprint density at radius 1 is 1.16 bits per heavy atom. The molecular formula is C14H12Cl2FNO7. The monoisotopic (exact) mass is 395 g/mol. The van der Waals surface area contributed by atoms with Gasteiger partial charge in [-0.1, -0.05) is 23.2 Å². The summed E-state index contributed by atoms with van der Waals surface area (Å²) < 4.78 is 23.1. The fourth-order valence-corrected chi connectivity index (χ4v) is 2.42. The molecule has 0 spiro atoms. The van der Waals surface area contributed by atoms with Gasteiger partial charge in [-0.3, -0.25) is 24.5 Å². The number of Topliss-reactive ketones (excluding diaryl/α,β-unsaturated/α-hetero) is 1. The van der Waals surface area contributed by atoms with Crippen LogP contribution in [-0.4, -0.2) is 35.9 Å². The van der Waals surface area contributed by atoms with Gasteiger partial charge in [-0.15, -0.1) is 0 Å². The average Bonchev–Trinajstić information content (AvgIpc) is 2.51. The van der Waals surface area contributed by atoms with Gasteiger partial charge in [-0.05, 0) is 19.9 Å². The van der Waals surface area contributed by atoms with E-state index in [1.807, 2.05) is 0 Å². The number of nitro benzene ring substituents is 1. The first-order chi connectivity index (χ1) is 11.7. The molecule has 0 saturated carbocycles. The molecule has 0 aliphatic rings. The highest BCUT2D eigenvalue weighted by molar-refractivity contribution is 6.41. The summed E-state index contributed by atoms with van der Waals surface area (Å²) in [4.78, 5) is 46.2. The summed E-state index contributed by atoms with van der Waals surface area (Å²) in [5.74, 6) is -7.22. The van der Waals surface area contributed by atoms with Crippen LogP contribution in [0.5, 0.6) is 0 Å². The predicted molar refractivity (Wildman–Crippen MR) is 84.2 cm³/mol. The van der Waals surface area contributed by atoms with Crippen LogP contribution in [0.15, 0.2) is 6.07 Å². The zero-order valence-electron chi connectivity index (χ0n) is 13.0. The maximum absolute atomic E-state index is 13.8. The second-order valence-corrected chi connectivity index (χ2v) is 5.20. The molecule has 136 valence electrons. The van der Waals surface area contributed by atoms with E-state index < -0.39 is 55.7 Å². The highest BCUT2D eigenvalue weighted by Gasteiger charge is 2.40. The number of ketones is 1. The Hall–Kier alpha value is -2.26. The lowest BCUT2D eigenvalue weighted by molar-refractivity contribution is -0.384. The van der Waals surface area contributed by atoms with Crippen molar-refractivity contribution in [2.24, 2.45) is 5.92 Å². The summed E-state index contributed by atoms with van der Waals surface area (Å²) in [5, 5.41) is 9.28. The highest BCUT2D eigenvalue weighted by atomic mass is 35.5. The van der Waals surface area contributed by atoms with Crippen LogP contribution >= 0.6 is 23.2 Å². The Morgan fingerprint density at radius 3 is 2.04 bits per heavy atom. The molecule has 1 aromatic rings. The minimum Gasteiger partial charge on any atom is -0.465 e. The molecule has 0 aliphatic heterocycles. The van der Waals surface area contributed by atoms with Crippen molar-refractivity contribution >= 4 is 46.6 Å². The molecule has 0 N–H and O–H groups in total. The number of ether oxygens (including phenoxy) is 2. The van der Waals surface area contributed by atoms with Crippen LogP contribution in [0.3, 0.4) is 0 Å². The molecule has 11 heteroatoms. The van der Waals surface area contributed by atoms with Crippen LogP contribution in [0.4, 0.5) is 10.1 Å². The number of halogens is 3. The van der Waals surface area contributed by atoms with E-state index in [4.69, 9.17) is 23.2 Å². The van der Waals surface area contributed by atoms with E-state index in [2.05, 4.69) is 9.47 Å². The van der Waals surface area contributed by atoms with Gasteiger partial charge in [0.1, 0.15) is 10.8 Å². The van der Waals surface area contributed by atoms with Gasteiger partial charge in [-0.2, -0.15) is 0 Å². The van der Waals surface area contributed by atoms with Crippen molar-refractivity contribution in [3.8, 4) is 0 Å². The Morgan fingerprint density at radius 2 is 1.64 bits per heavy atom. The van der Waals surface area contributed by atoms with Gasteiger partial charge in [0.15, 0.2) is 10.8 Å². The summed E-state index contributed by atoms with van der Waals surface area (Å²) in [6.45, 7) is 2.57. The van der Waals surface area contributed by atoms with E-state index in [1.54, 1.807) is 0 Å². The molecule has 8 nitrogen and oxygen atoms in total. The molecular weight excluding hydrogens is 384 g/mol.